The molecule has 7 nitrogen and oxygen atoms in total. The average Bonchev–Trinajstić information content (AvgIpc) is 3.16. The van der Waals surface area contributed by atoms with Gasteiger partial charge in [-0.2, -0.15) is 0 Å². The number of hydrogen-bond donors (Lipinski definition) is 1. The zero-order chi connectivity index (χ0) is 18.5. The minimum absolute atomic E-state index is 0.256. The van der Waals surface area contributed by atoms with Gasteiger partial charge in [0.05, 0.1) is 5.69 Å². The fraction of sp³-hybridized carbons (Fsp3) is 0.222. The zero-order valence-corrected chi connectivity index (χ0v) is 14.6. The third kappa shape index (κ3) is 4.02. The van der Waals surface area contributed by atoms with E-state index in [4.69, 9.17) is 0 Å². The summed E-state index contributed by atoms with van der Waals surface area (Å²) in [6.07, 6.45) is 1.48. The van der Waals surface area contributed by atoms with E-state index >= 15 is 0 Å². The van der Waals surface area contributed by atoms with Crippen LogP contribution < -0.4 is 5.32 Å². The quantitative estimate of drug-likeness (QED) is 0.764. The van der Waals surface area contributed by atoms with Gasteiger partial charge in [-0.3, -0.25) is 0 Å². The number of halogens is 1. The Morgan fingerprint density at radius 1 is 1.27 bits per heavy atom. The Morgan fingerprint density at radius 2 is 2.12 bits per heavy atom. The second-order valence-electron chi connectivity index (χ2n) is 5.83. The fourth-order valence-corrected chi connectivity index (χ4v) is 2.54. The lowest BCUT2D eigenvalue weighted by Crippen LogP contribution is -2.34. The Hall–Kier alpha value is -3.29. The highest BCUT2D eigenvalue weighted by Crippen LogP contribution is 2.20. The summed E-state index contributed by atoms with van der Waals surface area (Å²) >= 11 is 0. The zero-order valence-electron chi connectivity index (χ0n) is 14.6. The Balaban J connectivity index is 1.76. The molecule has 0 unspecified atom stereocenters. The van der Waals surface area contributed by atoms with Gasteiger partial charge < -0.3 is 10.2 Å². The van der Waals surface area contributed by atoms with Crippen LogP contribution in [0.4, 0.5) is 14.9 Å². The smallest absolute Gasteiger partial charge is 0.320 e. The van der Waals surface area contributed by atoms with Gasteiger partial charge in [-0.25, -0.2) is 13.9 Å². The van der Waals surface area contributed by atoms with Gasteiger partial charge in [0.25, 0.3) is 0 Å². The number of benzene rings is 2. The van der Waals surface area contributed by atoms with Crippen molar-refractivity contribution in [3.8, 4) is 5.69 Å². The first-order chi connectivity index (χ1) is 12.6. The van der Waals surface area contributed by atoms with E-state index in [9.17, 15) is 9.18 Å². The second kappa shape index (κ2) is 7.73. The number of aryl methyl sites for hydroxylation is 1. The van der Waals surface area contributed by atoms with Crippen LogP contribution in [0.1, 0.15) is 18.1 Å². The van der Waals surface area contributed by atoms with Gasteiger partial charge in [-0.05, 0) is 59.7 Å². The molecule has 0 spiro atoms. The van der Waals surface area contributed by atoms with Crippen LogP contribution in [0.15, 0.2) is 48.8 Å². The largest absolute Gasteiger partial charge is 0.322 e. The number of aromatic nitrogens is 4. The van der Waals surface area contributed by atoms with E-state index in [2.05, 4.69) is 20.8 Å². The van der Waals surface area contributed by atoms with Crippen LogP contribution in [-0.2, 0) is 6.54 Å². The van der Waals surface area contributed by atoms with Gasteiger partial charge >= 0.3 is 6.03 Å². The molecule has 8 heteroatoms. The molecule has 0 bridgehead atoms. The lowest BCUT2D eigenvalue weighted by molar-refractivity contribution is 0.212. The number of tetrazole rings is 1. The maximum atomic E-state index is 13.4. The number of hydrogen-bond acceptors (Lipinski definition) is 4. The average molecular weight is 354 g/mol. The highest BCUT2D eigenvalue weighted by Gasteiger charge is 2.14. The van der Waals surface area contributed by atoms with E-state index in [0.29, 0.717) is 18.8 Å². The van der Waals surface area contributed by atoms with E-state index in [1.54, 1.807) is 23.1 Å². The lowest BCUT2D eigenvalue weighted by atomic mass is 10.2. The van der Waals surface area contributed by atoms with Gasteiger partial charge in [0.2, 0.25) is 0 Å². The van der Waals surface area contributed by atoms with Crippen molar-refractivity contribution in [1.29, 1.82) is 0 Å². The van der Waals surface area contributed by atoms with Crippen molar-refractivity contribution in [2.45, 2.75) is 20.4 Å². The van der Waals surface area contributed by atoms with E-state index < -0.39 is 0 Å². The summed E-state index contributed by atoms with van der Waals surface area (Å²) in [5, 5.41) is 14.0. The van der Waals surface area contributed by atoms with Crippen LogP contribution in [0, 0.1) is 12.7 Å². The van der Waals surface area contributed by atoms with Gasteiger partial charge in [-0.15, -0.1) is 5.10 Å². The van der Waals surface area contributed by atoms with Crippen molar-refractivity contribution < 1.29 is 9.18 Å². The molecule has 1 N–H and O–H groups in total. The van der Waals surface area contributed by atoms with E-state index in [1.165, 1.54) is 23.1 Å². The standard InChI is InChI=1S/C18H19FN6O/c1-3-24(11-14-5-4-6-15(19)9-14)18(26)21-17-10-16(8-7-13(17)2)25-12-20-22-23-25/h4-10,12H,3,11H2,1-2H3,(H,21,26). The summed E-state index contributed by atoms with van der Waals surface area (Å²) < 4.78 is 14.9. The second-order valence-corrected chi connectivity index (χ2v) is 5.83. The predicted molar refractivity (Wildman–Crippen MR) is 95.4 cm³/mol. The lowest BCUT2D eigenvalue weighted by Gasteiger charge is -2.22. The molecule has 0 radical (unpaired) electrons. The van der Waals surface area contributed by atoms with Crippen molar-refractivity contribution in [3.05, 3.63) is 65.7 Å². The van der Waals surface area contributed by atoms with Gasteiger partial charge in [0.15, 0.2) is 0 Å². The molecule has 0 aliphatic rings. The fourth-order valence-electron chi connectivity index (χ4n) is 2.54. The predicted octanol–water partition coefficient (Wildman–Crippen LogP) is 3.16. The molecule has 0 saturated carbocycles. The van der Waals surface area contributed by atoms with Crippen LogP contribution >= 0.6 is 0 Å². The number of urea groups is 1. The van der Waals surface area contributed by atoms with Crippen molar-refractivity contribution in [2.24, 2.45) is 0 Å². The maximum absolute atomic E-state index is 13.4. The number of rotatable bonds is 5. The molecular formula is C18H19FN6O. The summed E-state index contributed by atoms with van der Waals surface area (Å²) in [5.41, 5.74) is 3.06. The molecule has 0 aliphatic heterocycles. The number of amides is 2. The summed E-state index contributed by atoms with van der Waals surface area (Å²) in [7, 11) is 0. The first-order valence-corrected chi connectivity index (χ1v) is 8.21. The third-order valence-corrected chi connectivity index (χ3v) is 4.01. The number of nitrogens with one attached hydrogen (secondary N) is 1. The normalized spacial score (nSPS) is 10.6. The van der Waals surface area contributed by atoms with Crippen LogP contribution in [0.5, 0.6) is 0 Å². The molecule has 1 heterocycles. The maximum Gasteiger partial charge on any atom is 0.322 e. The molecule has 2 aromatic carbocycles. The highest BCUT2D eigenvalue weighted by atomic mass is 19.1. The summed E-state index contributed by atoms with van der Waals surface area (Å²) in [6, 6.07) is 11.5. The molecule has 26 heavy (non-hydrogen) atoms. The molecule has 0 atom stereocenters. The Labute approximate surface area is 150 Å². The number of anilines is 1. The number of carbonyl (C=O) groups excluding carboxylic acids is 1. The Kier molecular flexibility index (Phi) is 5.21. The third-order valence-electron chi connectivity index (χ3n) is 4.01. The Bertz CT molecular complexity index is 896. The number of carbonyl (C=O) groups is 1. The van der Waals surface area contributed by atoms with E-state index in [1.807, 2.05) is 26.0 Å². The first kappa shape index (κ1) is 17.5. The van der Waals surface area contributed by atoms with Crippen LogP contribution in [0.3, 0.4) is 0 Å². The van der Waals surface area contributed by atoms with Gasteiger partial charge in [-0.1, -0.05) is 18.2 Å². The Morgan fingerprint density at radius 3 is 2.81 bits per heavy atom. The molecule has 3 rings (SSSR count). The van der Waals surface area contributed by atoms with Gasteiger partial charge in [0, 0.05) is 18.8 Å². The molecule has 0 fully saturated rings. The number of nitrogens with zero attached hydrogens (tertiary/aromatic N) is 5. The summed E-state index contributed by atoms with van der Waals surface area (Å²) in [5.74, 6) is -0.316. The van der Waals surface area contributed by atoms with Gasteiger partial charge in [0.1, 0.15) is 12.1 Å². The van der Waals surface area contributed by atoms with Crippen molar-refractivity contribution in [1.82, 2.24) is 25.1 Å². The highest BCUT2D eigenvalue weighted by molar-refractivity contribution is 5.90. The molecule has 1 aromatic heterocycles. The summed E-state index contributed by atoms with van der Waals surface area (Å²) in [6.45, 7) is 4.60. The van der Waals surface area contributed by atoms with E-state index in [0.717, 1.165) is 16.8 Å². The van der Waals surface area contributed by atoms with Crippen LogP contribution in [0.25, 0.3) is 5.69 Å². The minimum Gasteiger partial charge on any atom is -0.320 e. The SMILES string of the molecule is CCN(Cc1cccc(F)c1)C(=O)Nc1cc(-n2cnnn2)ccc1C. The van der Waals surface area contributed by atoms with Crippen molar-refractivity contribution >= 4 is 11.7 Å². The molecular weight excluding hydrogens is 335 g/mol. The molecule has 0 aliphatic carbocycles. The molecule has 134 valence electrons. The van der Waals surface area contributed by atoms with E-state index in [-0.39, 0.29) is 11.8 Å². The van der Waals surface area contributed by atoms with Crippen molar-refractivity contribution in [3.63, 3.8) is 0 Å². The topological polar surface area (TPSA) is 75.9 Å². The van der Waals surface area contributed by atoms with Crippen LogP contribution in [0.2, 0.25) is 0 Å². The minimum atomic E-state index is -0.316. The molecule has 2 amide bonds. The first-order valence-electron chi connectivity index (χ1n) is 8.21. The summed E-state index contributed by atoms with van der Waals surface area (Å²) in [4.78, 5) is 14.3. The molecule has 3 aromatic rings. The van der Waals surface area contributed by atoms with Crippen molar-refractivity contribution in [2.75, 3.05) is 11.9 Å². The molecule has 0 saturated heterocycles. The monoisotopic (exact) mass is 354 g/mol. The van der Waals surface area contributed by atoms with Crippen LogP contribution in [-0.4, -0.2) is 37.7 Å².